The van der Waals surface area contributed by atoms with Gasteiger partial charge in [-0.05, 0) is 48.6 Å². The number of benzene rings is 2. The maximum atomic E-state index is 12.6. The molecule has 0 aromatic heterocycles. The standard InChI is InChI=1S/C23H28N4O5/c1-2-30-23(29)26-21(22(28)32-17-19-8-4-3-5-9-19)16-18-10-12-20(13-11-18)31-15-7-6-14-25-27-24/h3-5,8-13,21H,2,6-7,14-17H2,1H3,(H,26,29)/t21-/m0/s1. The van der Waals surface area contributed by atoms with Crippen LogP contribution in [0.25, 0.3) is 10.4 Å². The lowest BCUT2D eigenvalue weighted by atomic mass is 10.1. The molecular formula is C23H28N4O5. The first-order valence-corrected chi connectivity index (χ1v) is 10.5. The van der Waals surface area contributed by atoms with E-state index in [9.17, 15) is 9.59 Å². The molecule has 2 aromatic rings. The molecule has 9 heteroatoms. The van der Waals surface area contributed by atoms with E-state index in [0.29, 0.717) is 18.9 Å². The monoisotopic (exact) mass is 440 g/mol. The molecule has 0 saturated carbocycles. The molecule has 1 N–H and O–H groups in total. The maximum absolute atomic E-state index is 12.6. The molecule has 1 atom stereocenters. The smallest absolute Gasteiger partial charge is 0.407 e. The lowest BCUT2D eigenvalue weighted by molar-refractivity contribution is -0.147. The van der Waals surface area contributed by atoms with E-state index in [2.05, 4.69) is 15.3 Å². The van der Waals surface area contributed by atoms with E-state index >= 15 is 0 Å². The van der Waals surface area contributed by atoms with E-state index in [1.807, 2.05) is 42.5 Å². The van der Waals surface area contributed by atoms with E-state index in [-0.39, 0.29) is 19.6 Å². The Morgan fingerprint density at radius 3 is 2.47 bits per heavy atom. The summed E-state index contributed by atoms with van der Waals surface area (Å²) < 4.78 is 16.0. The SMILES string of the molecule is CCOC(=O)N[C@@H](Cc1ccc(OCCCCN=[N+]=[N-])cc1)C(=O)OCc1ccccc1. The molecule has 0 bridgehead atoms. The van der Waals surface area contributed by atoms with Gasteiger partial charge in [0.1, 0.15) is 18.4 Å². The highest BCUT2D eigenvalue weighted by Crippen LogP contribution is 2.15. The molecule has 2 rings (SSSR count). The molecule has 1 amide bonds. The van der Waals surface area contributed by atoms with Gasteiger partial charge in [0.15, 0.2) is 0 Å². The summed E-state index contributed by atoms with van der Waals surface area (Å²) in [6.07, 6.45) is 1.11. The highest BCUT2D eigenvalue weighted by atomic mass is 16.6. The van der Waals surface area contributed by atoms with Gasteiger partial charge < -0.3 is 19.5 Å². The minimum atomic E-state index is -0.884. The number of hydrogen-bond donors (Lipinski definition) is 1. The number of rotatable bonds is 13. The first-order chi connectivity index (χ1) is 15.6. The zero-order valence-corrected chi connectivity index (χ0v) is 18.1. The Morgan fingerprint density at radius 2 is 1.78 bits per heavy atom. The summed E-state index contributed by atoms with van der Waals surface area (Å²) in [6.45, 7) is 2.98. The molecule has 32 heavy (non-hydrogen) atoms. The van der Waals surface area contributed by atoms with Gasteiger partial charge in [-0.3, -0.25) is 0 Å². The van der Waals surface area contributed by atoms with Gasteiger partial charge in [-0.1, -0.05) is 47.6 Å². The second-order valence-electron chi connectivity index (χ2n) is 6.87. The van der Waals surface area contributed by atoms with Crippen LogP contribution in [0.3, 0.4) is 0 Å². The zero-order chi connectivity index (χ0) is 23.0. The number of ether oxygens (including phenoxy) is 3. The Bertz CT molecular complexity index is 883. The van der Waals surface area contributed by atoms with Crippen LogP contribution >= 0.6 is 0 Å². The number of nitrogens with zero attached hydrogens (tertiary/aromatic N) is 3. The average Bonchev–Trinajstić information content (AvgIpc) is 2.81. The molecule has 0 unspecified atom stereocenters. The molecular weight excluding hydrogens is 412 g/mol. The molecule has 0 heterocycles. The van der Waals surface area contributed by atoms with Crippen LogP contribution < -0.4 is 10.1 Å². The van der Waals surface area contributed by atoms with Gasteiger partial charge in [0.05, 0.1) is 13.2 Å². The van der Waals surface area contributed by atoms with E-state index in [0.717, 1.165) is 24.0 Å². The van der Waals surface area contributed by atoms with E-state index < -0.39 is 18.1 Å². The van der Waals surface area contributed by atoms with Crippen molar-refractivity contribution in [3.05, 3.63) is 76.2 Å². The van der Waals surface area contributed by atoms with Crippen molar-refractivity contribution < 1.29 is 23.8 Å². The summed E-state index contributed by atoms with van der Waals surface area (Å²) in [6, 6.07) is 15.7. The number of carbonyl (C=O) groups excluding carboxylic acids is 2. The van der Waals surface area contributed by atoms with Crippen LogP contribution in [0.5, 0.6) is 5.75 Å². The van der Waals surface area contributed by atoms with Crippen LogP contribution in [0, 0.1) is 0 Å². The topological polar surface area (TPSA) is 123 Å². The van der Waals surface area contributed by atoms with E-state index in [1.54, 1.807) is 19.1 Å². The third-order valence-electron chi connectivity index (χ3n) is 4.42. The van der Waals surface area contributed by atoms with Crippen molar-refractivity contribution in [1.29, 1.82) is 0 Å². The number of esters is 1. The van der Waals surface area contributed by atoms with E-state index in [1.165, 1.54) is 0 Å². The first-order valence-electron chi connectivity index (χ1n) is 10.5. The number of carbonyl (C=O) groups is 2. The van der Waals surface area contributed by atoms with Crippen molar-refractivity contribution in [3.63, 3.8) is 0 Å². The normalized spacial score (nSPS) is 11.0. The summed E-state index contributed by atoms with van der Waals surface area (Å²) in [5.41, 5.74) is 9.94. The van der Waals surface area contributed by atoms with Crippen LogP contribution in [0.4, 0.5) is 4.79 Å². The van der Waals surface area contributed by atoms with Crippen molar-refractivity contribution >= 4 is 12.1 Å². The largest absolute Gasteiger partial charge is 0.494 e. The second-order valence-corrected chi connectivity index (χ2v) is 6.87. The summed E-state index contributed by atoms with van der Waals surface area (Å²) >= 11 is 0. The number of unbranched alkanes of at least 4 members (excludes halogenated alkanes) is 1. The van der Waals surface area contributed by atoms with Gasteiger partial charge in [-0.2, -0.15) is 0 Å². The number of azide groups is 1. The number of amides is 1. The average molecular weight is 441 g/mol. The summed E-state index contributed by atoms with van der Waals surface area (Å²) in [7, 11) is 0. The number of alkyl carbamates (subject to hydrolysis) is 1. The Labute approximate surface area is 187 Å². The Hall–Kier alpha value is -3.71. The van der Waals surface area contributed by atoms with Gasteiger partial charge in [-0.15, -0.1) is 0 Å². The zero-order valence-electron chi connectivity index (χ0n) is 18.1. The van der Waals surface area contributed by atoms with Crippen molar-refractivity contribution in [3.8, 4) is 5.75 Å². The van der Waals surface area contributed by atoms with Crippen molar-refractivity contribution in [2.24, 2.45) is 5.11 Å². The minimum absolute atomic E-state index is 0.118. The van der Waals surface area contributed by atoms with Gasteiger partial charge in [0.2, 0.25) is 0 Å². The van der Waals surface area contributed by atoms with Crippen LogP contribution in [0.15, 0.2) is 59.7 Å². The third-order valence-corrected chi connectivity index (χ3v) is 4.42. The molecule has 0 aliphatic carbocycles. The summed E-state index contributed by atoms with van der Waals surface area (Å²) in [5, 5.41) is 6.05. The predicted octanol–water partition coefficient (Wildman–Crippen LogP) is 4.56. The summed E-state index contributed by atoms with van der Waals surface area (Å²) in [4.78, 5) is 27.2. The molecule has 0 aliphatic heterocycles. The fourth-order valence-electron chi connectivity index (χ4n) is 2.81. The van der Waals surface area contributed by atoms with Crippen LogP contribution in [0.1, 0.15) is 30.9 Å². The molecule has 0 saturated heterocycles. The Balaban J connectivity index is 1.91. The van der Waals surface area contributed by atoms with Gasteiger partial charge in [-0.25, -0.2) is 9.59 Å². The highest BCUT2D eigenvalue weighted by molar-refractivity contribution is 5.81. The van der Waals surface area contributed by atoms with Gasteiger partial charge in [0.25, 0.3) is 0 Å². The maximum Gasteiger partial charge on any atom is 0.407 e. The molecule has 2 aromatic carbocycles. The molecule has 0 spiro atoms. The molecule has 9 nitrogen and oxygen atoms in total. The van der Waals surface area contributed by atoms with Gasteiger partial charge >= 0.3 is 12.1 Å². The van der Waals surface area contributed by atoms with Crippen LogP contribution in [0.2, 0.25) is 0 Å². The minimum Gasteiger partial charge on any atom is -0.494 e. The Morgan fingerprint density at radius 1 is 1.03 bits per heavy atom. The van der Waals surface area contributed by atoms with Gasteiger partial charge in [0, 0.05) is 17.9 Å². The van der Waals surface area contributed by atoms with Crippen molar-refractivity contribution in [1.82, 2.24) is 5.32 Å². The fourth-order valence-corrected chi connectivity index (χ4v) is 2.81. The van der Waals surface area contributed by atoms with Crippen molar-refractivity contribution in [2.75, 3.05) is 19.8 Å². The summed E-state index contributed by atoms with van der Waals surface area (Å²) in [5.74, 6) is 0.154. The molecule has 0 aliphatic rings. The molecule has 0 fully saturated rings. The van der Waals surface area contributed by atoms with Crippen molar-refractivity contribution in [2.45, 2.75) is 38.8 Å². The molecule has 170 valence electrons. The number of nitrogens with one attached hydrogen (secondary N) is 1. The lowest BCUT2D eigenvalue weighted by Gasteiger charge is -2.18. The van der Waals surface area contributed by atoms with Crippen LogP contribution in [-0.2, 0) is 27.3 Å². The lowest BCUT2D eigenvalue weighted by Crippen LogP contribution is -2.43. The van der Waals surface area contributed by atoms with Crippen LogP contribution in [-0.4, -0.2) is 37.9 Å². The predicted molar refractivity (Wildman–Crippen MR) is 119 cm³/mol. The molecule has 0 radical (unpaired) electrons. The number of hydrogen-bond acceptors (Lipinski definition) is 6. The Kier molecular flexibility index (Phi) is 11.0. The third kappa shape index (κ3) is 9.40. The highest BCUT2D eigenvalue weighted by Gasteiger charge is 2.23. The second kappa shape index (κ2) is 14.3. The first kappa shape index (κ1) is 24.6. The fraction of sp³-hybridized carbons (Fsp3) is 0.391. The van der Waals surface area contributed by atoms with E-state index in [4.69, 9.17) is 19.7 Å². The quantitative estimate of drug-likeness (QED) is 0.161.